The summed E-state index contributed by atoms with van der Waals surface area (Å²) >= 11 is 0. The Morgan fingerprint density at radius 2 is 0.477 bits per heavy atom. The first kappa shape index (κ1) is 22.5. The first-order valence-corrected chi connectivity index (χ1v) is 16.7. The van der Waals surface area contributed by atoms with Gasteiger partial charge in [-0.25, -0.2) is 0 Å². The van der Waals surface area contributed by atoms with Gasteiger partial charge >= 0.3 is 0 Å². The molecule has 8 bridgehead atoms. The van der Waals surface area contributed by atoms with Crippen LogP contribution in [0, 0.1) is 23.7 Å². The lowest BCUT2D eigenvalue weighted by molar-refractivity contribution is 0.0494. The van der Waals surface area contributed by atoms with Crippen LogP contribution in [0.1, 0.15) is 115 Å². The summed E-state index contributed by atoms with van der Waals surface area (Å²) in [6, 6.07) is 42.3. The molecule has 15 rings (SSSR count). The fraction of sp³-hybridized carbons (Fsp3) is 0.286. The molecular weight excluding hydrogens is 536 g/mol. The highest BCUT2D eigenvalue weighted by Gasteiger charge is 2.66. The average Bonchev–Trinajstić information content (AvgIpc) is 3.86. The van der Waals surface area contributed by atoms with E-state index in [-0.39, 0.29) is 24.4 Å². The van der Waals surface area contributed by atoms with E-state index in [1.807, 2.05) is 0 Å². The zero-order chi connectivity index (χ0) is 28.0. The summed E-state index contributed by atoms with van der Waals surface area (Å²) < 4.78 is 14.3. The number of fused-ring (bicyclic) bond motifs is 10. The SMILES string of the molecule is c1ccc2c(c1)C1c3ccccc3C2[C@@H]2[C@@H]1[C@@H]1O[C@@H]2c2cc3c(cc21)[C@@H]1O[C@@H]3[C@H]2C3c4ccccc4C(c4ccccc43)[C@H]21. The average molecular weight is 567 g/mol. The molecule has 4 aliphatic heterocycles. The van der Waals surface area contributed by atoms with Crippen molar-refractivity contribution in [3.8, 4) is 0 Å². The van der Waals surface area contributed by atoms with E-state index >= 15 is 0 Å². The summed E-state index contributed by atoms with van der Waals surface area (Å²) in [5, 5.41) is 0. The van der Waals surface area contributed by atoms with Crippen LogP contribution in [0.3, 0.4) is 0 Å². The smallest absolute Gasteiger partial charge is 0.0878 e. The third kappa shape index (κ3) is 2.25. The van der Waals surface area contributed by atoms with E-state index < -0.39 is 0 Å². The Labute approximate surface area is 256 Å². The van der Waals surface area contributed by atoms with E-state index in [0.717, 1.165) is 0 Å². The molecule has 5 aromatic rings. The summed E-state index contributed by atoms with van der Waals surface area (Å²) in [5.74, 6) is 3.63. The number of ether oxygens (including phenoxy) is 2. The maximum atomic E-state index is 7.14. The molecule has 2 fully saturated rings. The minimum Gasteiger partial charge on any atom is -0.365 e. The summed E-state index contributed by atoms with van der Waals surface area (Å²) in [6.45, 7) is 0. The molecule has 0 amide bonds. The Kier molecular flexibility index (Phi) is 3.73. The molecule has 0 aromatic heterocycles. The maximum absolute atomic E-state index is 7.14. The number of hydrogen-bond donors (Lipinski definition) is 0. The first-order valence-electron chi connectivity index (χ1n) is 16.7. The van der Waals surface area contributed by atoms with Crippen LogP contribution in [0.4, 0.5) is 0 Å². The van der Waals surface area contributed by atoms with Gasteiger partial charge in [-0.1, -0.05) is 97.1 Å². The van der Waals surface area contributed by atoms with Crippen molar-refractivity contribution in [2.75, 3.05) is 0 Å². The second kappa shape index (κ2) is 7.28. The van der Waals surface area contributed by atoms with Crippen molar-refractivity contribution in [3.05, 3.63) is 176 Å². The van der Waals surface area contributed by atoms with Crippen LogP contribution < -0.4 is 0 Å². The van der Waals surface area contributed by atoms with Gasteiger partial charge in [-0.2, -0.15) is 0 Å². The minimum absolute atomic E-state index is 0.165. The third-order valence-corrected chi connectivity index (χ3v) is 13.6. The van der Waals surface area contributed by atoms with Gasteiger partial charge in [0.1, 0.15) is 0 Å². The summed E-state index contributed by atoms with van der Waals surface area (Å²) in [7, 11) is 0. The second-order valence-corrected chi connectivity index (χ2v) is 14.8. The monoisotopic (exact) mass is 566 g/mol. The van der Waals surface area contributed by atoms with Crippen LogP contribution in [0.5, 0.6) is 0 Å². The zero-order valence-corrected chi connectivity index (χ0v) is 24.1. The van der Waals surface area contributed by atoms with Crippen LogP contribution in [0.15, 0.2) is 109 Å². The molecule has 2 nitrogen and oxygen atoms in total. The Balaban J connectivity index is 0.979. The van der Waals surface area contributed by atoms with Gasteiger partial charge in [-0.05, 0) is 78.9 Å². The van der Waals surface area contributed by atoms with Gasteiger partial charge < -0.3 is 9.47 Å². The second-order valence-electron chi connectivity index (χ2n) is 14.8. The highest BCUT2D eigenvalue weighted by Crippen LogP contribution is 2.75. The highest BCUT2D eigenvalue weighted by molar-refractivity contribution is 5.63. The van der Waals surface area contributed by atoms with E-state index in [0.29, 0.717) is 47.3 Å². The van der Waals surface area contributed by atoms with Crippen molar-refractivity contribution in [3.63, 3.8) is 0 Å². The molecule has 2 heteroatoms. The first-order chi connectivity index (χ1) is 21.9. The van der Waals surface area contributed by atoms with Crippen molar-refractivity contribution in [1.82, 2.24) is 0 Å². The van der Waals surface area contributed by atoms with E-state index in [1.54, 1.807) is 0 Å². The lowest BCUT2D eigenvalue weighted by atomic mass is 9.49. The van der Waals surface area contributed by atoms with Gasteiger partial charge in [0.25, 0.3) is 0 Å². The topological polar surface area (TPSA) is 18.5 Å². The van der Waals surface area contributed by atoms with Crippen molar-refractivity contribution in [2.24, 2.45) is 23.7 Å². The van der Waals surface area contributed by atoms with E-state index in [9.17, 15) is 0 Å². The lowest BCUT2D eigenvalue weighted by Gasteiger charge is -2.52. The van der Waals surface area contributed by atoms with Gasteiger partial charge in [0, 0.05) is 47.3 Å². The molecule has 5 aromatic carbocycles. The quantitative estimate of drug-likeness (QED) is 0.186. The molecule has 0 radical (unpaired) electrons. The van der Waals surface area contributed by atoms with Gasteiger partial charge in [0.2, 0.25) is 0 Å². The van der Waals surface area contributed by atoms with Gasteiger partial charge in [0.05, 0.1) is 24.4 Å². The summed E-state index contributed by atoms with van der Waals surface area (Å²) in [5.41, 5.74) is 18.2. The minimum atomic E-state index is 0.165. The van der Waals surface area contributed by atoms with Gasteiger partial charge in [-0.3, -0.25) is 0 Å². The van der Waals surface area contributed by atoms with E-state index in [1.165, 1.54) is 66.8 Å². The lowest BCUT2D eigenvalue weighted by Crippen LogP contribution is -2.43. The van der Waals surface area contributed by atoms with E-state index in [4.69, 9.17) is 9.47 Å². The molecule has 0 N–H and O–H groups in total. The van der Waals surface area contributed by atoms with Crippen LogP contribution in [-0.2, 0) is 9.47 Å². The number of benzene rings is 5. The zero-order valence-electron chi connectivity index (χ0n) is 24.1. The van der Waals surface area contributed by atoms with Crippen molar-refractivity contribution in [2.45, 2.75) is 48.1 Å². The molecule has 44 heavy (non-hydrogen) atoms. The van der Waals surface area contributed by atoms with Crippen molar-refractivity contribution >= 4 is 0 Å². The highest BCUT2D eigenvalue weighted by atomic mass is 16.5. The van der Waals surface area contributed by atoms with Gasteiger partial charge in [-0.15, -0.1) is 0 Å². The summed E-state index contributed by atoms with van der Waals surface area (Å²) in [4.78, 5) is 0. The van der Waals surface area contributed by atoms with Crippen LogP contribution in [-0.4, -0.2) is 0 Å². The fourth-order valence-electron chi connectivity index (χ4n) is 12.5. The molecule has 210 valence electrons. The molecule has 6 aliphatic carbocycles. The molecular formula is C42H30O2. The largest absolute Gasteiger partial charge is 0.365 e. The Morgan fingerprint density at radius 1 is 0.273 bits per heavy atom. The van der Waals surface area contributed by atoms with Gasteiger partial charge in [0.15, 0.2) is 0 Å². The van der Waals surface area contributed by atoms with Crippen molar-refractivity contribution in [1.29, 1.82) is 0 Å². The predicted molar refractivity (Wildman–Crippen MR) is 167 cm³/mol. The Hall–Kier alpha value is -3.98. The Morgan fingerprint density at radius 3 is 0.682 bits per heavy atom. The van der Waals surface area contributed by atoms with Crippen LogP contribution in [0.2, 0.25) is 0 Å². The molecule has 0 unspecified atom stereocenters. The Bertz CT molecular complexity index is 1750. The van der Waals surface area contributed by atoms with Crippen molar-refractivity contribution < 1.29 is 9.47 Å². The predicted octanol–water partition coefficient (Wildman–Crippen LogP) is 8.99. The van der Waals surface area contributed by atoms with Crippen LogP contribution in [0.25, 0.3) is 0 Å². The third-order valence-electron chi connectivity index (χ3n) is 13.6. The van der Waals surface area contributed by atoms with E-state index in [2.05, 4.69) is 109 Å². The standard InChI is InChI=1S/C42H30O2/c1-2-10-20-19(9-1)31-21-11-3-4-12-22(21)32(20)36-35(31)39-27-17-29-30(18-28(27)40(36)43-39)42-38-34-25-15-7-5-13-23(25)33(37(38)41(29)44-42)24-14-6-8-16-26(24)34/h1-18,31-42H/t31?,32?,33?,34?,35-,36-,37-,38+,39-,40-,41+,42+/m1/s1. The normalized spacial score (nSPS) is 38.7. The summed E-state index contributed by atoms with van der Waals surface area (Å²) in [6.07, 6.45) is 0.662. The number of rotatable bonds is 0. The fourth-order valence-corrected chi connectivity index (χ4v) is 12.5. The molecule has 4 heterocycles. The number of hydrogen-bond acceptors (Lipinski definition) is 2. The molecule has 0 spiro atoms. The molecule has 2 saturated heterocycles. The molecule has 8 atom stereocenters. The van der Waals surface area contributed by atoms with Crippen LogP contribution >= 0.6 is 0 Å². The molecule has 0 saturated carbocycles. The molecule has 10 aliphatic rings. The maximum Gasteiger partial charge on any atom is 0.0878 e.